The zero-order chi connectivity index (χ0) is 9.84. The Morgan fingerprint density at radius 1 is 1.57 bits per heavy atom. The summed E-state index contributed by atoms with van der Waals surface area (Å²) < 4.78 is 1.07. The standard InChI is InChI=1S/C10H11BrN2.ClH/c1-7-6-8(2-3-9(7)11)10(13)4-5-12;/h2-3,6,10H,4,13H2,1H3;1H/t10-;/m0./s1. The third kappa shape index (κ3) is 3.30. The summed E-state index contributed by atoms with van der Waals surface area (Å²) in [7, 11) is 0. The van der Waals surface area contributed by atoms with Gasteiger partial charge >= 0.3 is 0 Å². The third-order valence-corrected chi connectivity index (χ3v) is 2.81. The van der Waals surface area contributed by atoms with Gasteiger partial charge in [-0.25, -0.2) is 0 Å². The Balaban J connectivity index is 0.00000169. The van der Waals surface area contributed by atoms with Crippen LogP contribution in [0.25, 0.3) is 0 Å². The predicted molar refractivity (Wildman–Crippen MR) is 63.3 cm³/mol. The van der Waals surface area contributed by atoms with Crippen molar-refractivity contribution in [1.82, 2.24) is 0 Å². The van der Waals surface area contributed by atoms with E-state index in [1.807, 2.05) is 25.1 Å². The van der Waals surface area contributed by atoms with Gasteiger partial charge in [0.1, 0.15) is 0 Å². The van der Waals surface area contributed by atoms with Crippen molar-refractivity contribution in [1.29, 1.82) is 5.26 Å². The molecule has 0 unspecified atom stereocenters. The number of nitrogens with two attached hydrogens (primary N) is 1. The molecule has 14 heavy (non-hydrogen) atoms. The molecule has 0 aliphatic rings. The molecule has 0 heterocycles. The molecule has 1 rings (SSSR count). The van der Waals surface area contributed by atoms with Crippen LogP contribution >= 0.6 is 28.3 Å². The number of hydrogen-bond donors (Lipinski definition) is 1. The fourth-order valence-corrected chi connectivity index (χ4v) is 1.36. The lowest BCUT2D eigenvalue weighted by Crippen LogP contribution is -2.09. The second-order valence-corrected chi connectivity index (χ2v) is 3.83. The van der Waals surface area contributed by atoms with Crippen LogP contribution in [0, 0.1) is 18.3 Å². The van der Waals surface area contributed by atoms with Gasteiger partial charge in [-0.3, -0.25) is 0 Å². The minimum Gasteiger partial charge on any atom is -0.323 e. The quantitative estimate of drug-likeness (QED) is 0.901. The Hall–Kier alpha value is -0.560. The molecule has 0 amide bonds. The number of hydrogen-bond acceptors (Lipinski definition) is 2. The predicted octanol–water partition coefficient (Wildman–Crippen LogP) is 3.09. The summed E-state index contributed by atoms with van der Waals surface area (Å²) in [5.41, 5.74) is 7.95. The summed E-state index contributed by atoms with van der Waals surface area (Å²) in [4.78, 5) is 0. The minimum atomic E-state index is -0.170. The summed E-state index contributed by atoms with van der Waals surface area (Å²) >= 11 is 3.41. The van der Waals surface area contributed by atoms with Gasteiger partial charge in [0.15, 0.2) is 0 Å². The maximum atomic E-state index is 8.48. The first kappa shape index (κ1) is 13.4. The van der Waals surface area contributed by atoms with E-state index in [1.165, 1.54) is 0 Å². The monoisotopic (exact) mass is 274 g/mol. The van der Waals surface area contributed by atoms with Crippen LogP contribution in [0.5, 0.6) is 0 Å². The smallest absolute Gasteiger partial charge is 0.0641 e. The number of halogens is 2. The SMILES string of the molecule is Cc1cc([C@@H](N)CC#N)ccc1Br.Cl. The molecule has 1 aromatic carbocycles. The van der Waals surface area contributed by atoms with E-state index in [9.17, 15) is 0 Å². The molecule has 2 N–H and O–H groups in total. The molecule has 0 bridgehead atoms. The maximum absolute atomic E-state index is 8.48. The fraction of sp³-hybridized carbons (Fsp3) is 0.300. The summed E-state index contributed by atoms with van der Waals surface area (Å²) in [5.74, 6) is 0. The van der Waals surface area contributed by atoms with Crippen LogP contribution in [-0.4, -0.2) is 0 Å². The van der Waals surface area contributed by atoms with E-state index in [2.05, 4.69) is 22.0 Å². The van der Waals surface area contributed by atoms with Crippen molar-refractivity contribution in [2.24, 2.45) is 5.73 Å². The molecule has 2 nitrogen and oxygen atoms in total. The molecular weight excluding hydrogens is 263 g/mol. The molecule has 0 aliphatic carbocycles. The van der Waals surface area contributed by atoms with Crippen LogP contribution in [-0.2, 0) is 0 Å². The summed E-state index contributed by atoms with van der Waals surface area (Å²) in [6, 6.07) is 7.80. The topological polar surface area (TPSA) is 49.8 Å². The van der Waals surface area contributed by atoms with Crippen LogP contribution in [0.2, 0.25) is 0 Å². The second-order valence-electron chi connectivity index (χ2n) is 2.98. The van der Waals surface area contributed by atoms with Crippen LogP contribution < -0.4 is 5.73 Å². The van der Waals surface area contributed by atoms with Crippen molar-refractivity contribution in [3.8, 4) is 6.07 Å². The number of rotatable bonds is 2. The largest absolute Gasteiger partial charge is 0.323 e. The highest BCUT2D eigenvalue weighted by Gasteiger charge is 2.05. The molecular formula is C10H12BrClN2. The second kappa shape index (κ2) is 6.02. The fourth-order valence-electron chi connectivity index (χ4n) is 1.11. The number of aryl methyl sites for hydroxylation is 1. The molecule has 0 fully saturated rings. The first-order chi connectivity index (χ1) is 6.15. The highest BCUT2D eigenvalue weighted by atomic mass is 79.9. The van der Waals surface area contributed by atoms with Crippen molar-refractivity contribution in [3.05, 3.63) is 33.8 Å². The van der Waals surface area contributed by atoms with Crippen LogP contribution in [0.1, 0.15) is 23.6 Å². The van der Waals surface area contributed by atoms with Gasteiger partial charge in [0.2, 0.25) is 0 Å². The molecule has 0 radical (unpaired) electrons. The third-order valence-electron chi connectivity index (χ3n) is 1.92. The molecule has 4 heteroatoms. The number of nitriles is 1. The molecule has 1 aromatic rings. The van der Waals surface area contributed by atoms with Crippen molar-refractivity contribution < 1.29 is 0 Å². The van der Waals surface area contributed by atoms with Crippen molar-refractivity contribution in [2.45, 2.75) is 19.4 Å². The first-order valence-electron chi connectivity index (χ1n) is 4.03. The molecule has 0 aliphatic heterocycles. The Morgan fingerprint density at radius 2 is 2.21 bits per heavy atom. The summed E-state index contributed by atoms with van der Waals surface area (Å²) in [6.45, 7) is 2.01. The molecule has 0 saturated heterocycles. The first-order valence-corrected chi connectivity index (χ1v) is 4.83. The zero-order valence-corrected chi connectivity index (χ0v) is 10.2. The number of nitrogens with zero attached hydrogens (tertiary/aromatic N) is 1. The molecule has 1 atom stereocenters. The molecule has 0 spiro atoms. The maximum Gasteiger partial charge on any atom is 0.0641 e. The van der Waals surface area contributed by atoms with Crippen molar-refractivity contribution in [2.75, 3.05) is 0 Å². The minimum absolute atomic E-state index is 0. The van der Waals surface area contributed by atoms with E-state index in [1.54, 1.807) is 0 Å². The van der Waals surface area contributed by atoms with Gasteiger partial charge in [-0.15, -0.1) is 12.4 Å². The van der Waals surface area contributed by atoms with E-state index in [0.29, 0.717) is 6.42 Å². The lowest BCUT2D eigenvalue weighted by molar-refractivity contribution is 0.747. The Kier molecular flexibility index (Phi) is 5.78. The van der Waals surface area contributed by atoms with Gasteiger partial charge in [0, 0.05) is 10.5 Å². The summed E-state index contributed by atoms with van der Waals surface area (Å²) in [6.07, 6.45) is 0.362. The van der Waals surface area contributed by atoms with Crippen molar-refractivity contribution >= 4 is 28.3 Å². The van der Waals surface area contributed by atoms with E-state index in [0.717, 1.165) is 15.6 Å². The van der Waals surface area contributed by atoms with Crippen molar-refractivity contribution in [3.63, 3.8) is 0 Å². The van der Waals surface area contributed by atoms with Gasteiger partial charge in [0.05, 0.1) is 12.5 Å². The Labute approximate surface area is 98.6 Å². The van der Waals surface area contributed by atoms with Gasteiger partial charge in [-0.2, -0.15) is 5.26 Å². The normalized spacial score (nSPS) is 11.3. The van der Waals surface area contributed by atoms with Crippen LogP contribution in [0.3, 0.4) is 0 Å². The molecule has 0 aromatic heterocycles. The lowest BCUT2D eigenvalue weighted by Gasteiger charge is -2.09. The zero-order valence-electron chi connectivity index (χ0n) is 7.83. The lowest BCUT2D eigenvalue weighted by atomic mass is 10.0. The van der Waals surface area contributed by atoms with Crippen LogP contribution in [0.4, 0.5) is 0 Å². The van der Waals surface area contributed by atoms with E-state index < -0.39 is 0 Å². The van der Waals surface area contributed by atoms with Crippen LogP contribution in [0.15, 0.2) is 22.7 Å². The number of benzene rings is 1. The molecule has 76 valence electrons. The van der Waals surface area contributed by atoms with E-state index in [4.69, 9.17) is 11.0 Å². The highest BCUT2D eigenvalue weighted by Crippen LogP contribution is 2.21. The van der Waals surface area contributed by atoms with E-state index >= 15 is 0 Å². The Bertz CT molecular complexity index is 346. The van der Waals surface area contributed by atoms with E-state index in [-0.39, 0.29) is 18.4 Å². The van der Waals surface area contributed by atoms with Gasteiger partial charge in [0.25, 0.3) is 0 Å². The summed E-state index contributed by atoms with van der Waals surface area (Å²) in [5, 5.41) is 8.48. The average molecular weight is 276 g/mol. The van der Waals surface area contributed by atoms with Gasteiger partial charge in [-0.1, -0.05) is 28.1 Å². The van der Waals surface area contributed by atoms with Gasteiger partial charge < -0.3 is 5.73 Å². The Morgan fingerprint density at radius 3 is 2.71 bits per heavy atom. The average Bonchev–Trinajstić information content (AvgIpc) is 2.10. The molecule has 0 saturated carbocycles. The van der Waals surface area contributed by atoms with Gasteiger partial charge in [-0.05, 0) is 24.1 Å². The highest BCUT2D eigenvalue weighted by molar-refractivity contribution is 9.10.